The number of rotatable bonds is 4. The Labute approximate surface area is 170 Å². The van der Waals surface area contributed by atoms with E-state index in [1.165, 1.54) is 0 Å². The molecule has 6 nitrogen and oxygen atoms in total. The molecule has 2 N–H and O–H groups in total. The maximum atomic E-state index is 13.1. The first kappa shape index (κ1) is 19.2. The molecular formula is C23H26N4O2. The smallest absolute Gasteiger partial charge is 0.292 e. The van der Waals surface area contributed by atoms with Crippen LogP contribution in [0.5, 0.6) is 0 Å². The Balaban J connectivity index is 1.67. The lowest BCUT2D eigenvalue weighted by Crippen LogP contribution is -2.33. The average Bonchev–Trinajstić information content (AvgIpc) is 3.32. The van der Waals surface area contributed by atoms with Gasteiger partial charge in [-0.15, -0.1) is 0 Å². The molecule has 2 aromatic heterocycles. The molecule has 3 aromatic rings. The third kappa shape index (κ3) is 3.75. The van der Waals surface area contributed by atoms with E-state index in [1.807, 2.05) is 51.1 Å². The third-order valence-corrected chi connectivity index (χ3v) is 5.57. The Morgan fingerprint density at radius 2 is 1.72 bits per heavy atom. The van der Waals surface area contributed by atoms with Crippen LogP contribution in [0.2, 0.25) is 0 Å². The first-order valence-corrected chi connectivity index (χ1v) is 10.1. The molecule has 1 fully saturated rings. The normalized spacial score (nSPS) is 14.3. The molecule has 2 heterocycles. The minimum Gasteiger partial charge on any atom is -0.348 e. The van der Waals surface area contributed by atoms with Crippen molar-refractivity contribution in [2.24, 2.45) is 0 Å². The van der Waals surface area contributed by atoms with E-state index < -0.39 is 0 Å². The van der Waals surface area contributed by atoms with Gasteiger partial charge in [0.15, 0.2) is 5.69 Å². The predicted octanol–water partition coefficient (Wildman–Crippen LogP) is 4.18. The van der Waals surface area contributed by atoms with E-state index in [2.05, 4.69) is 15.6 Å². The number of nitrogens with zero attached hydrogens (tertiary/aromatic N) is 2. The fourth-order valence-corrected chi connectivity index (χ4v) is 4.24. The Morgan fingerprint density at radius 1 is 1.03 bits per heavy atom. The molecule has 0 saturated heterocycles. The number of aryl methyl sites for hydroxylation is 3. The van der Waals surface area contributed by atoms with Crippen LogP contribution in [-0.4, -0.2) is 27.2 Å². The van der Waals surface area contributed by atoms with Gasteiger partial charge in [0.05, 0.1) is 5.52 Å². The van der Waals surface area contributed by atoms with Gasteiger partial charge in [0.2, 0.25) is 5.82 Å². The Kier molecular flexibility index (Phi) is 5.09. The number of imidazole rings is 1. The van der Waals surface area contributed by atoms with Gasteiger partial charge in [0.1, 0.15) is 0 Å². The number of amides is 2. The molecule has 150 valence electrons. The van der Waals surface area contributed by atoms with Crippen LogP contribution in [0.25, 0.3) is 5.52 Å². The first-order chi connectivity index (χ1) is 13.9. The summed E-state index contributed by atoms with van der Waals surface area (Å²) in [4.78, 5) is 30.4. The molecule has 0 unspecified atom stereocenters. The first-order valence-electron chi connectivity index (χ1n) is 10.1. The molecule has 0 spiro atoms. The topological polar surface area (TPSA) is 75.5 Å². The number of nitrogens with one attached hydrogen (secondary N) is 2. The van der Waals surface area contributed by atoms with Crippen LogP contribution in [-0.2, 0) is 0 Å². The quantitative estimate of drug-likeness (QED) is 0.702. The van der Waals surface area contributed by atoms with E-state index in [-0.39, 0.29) is 23.7 Å². The maximum absolute atomic E-state index is 13.1. The standard InChI is InChI=1S/C23H26N4O2/c1-14-12-15(2)19(16(3)13-14)26-23(29)21-25-20(18-10-6-7-11-27(18)21)22(28)24-17-8-4-5-9-17/h6-7,10-13,17H,4-5,8-9H2,1-3H3,(H,24,28)(H,26,29). The van der Waals surface area contributed by atoms with E-state index in [4.69, 9.17) is 0 Å². The van der Waals surface area contributed by atoms with Crippen molar-refractivity contribution in [3.8, 4) is 0 Å². The average molecular weight is 390 g/mol. The summed E-state index contributed by atoms with van der Waals surface area (Å²) in [6.07, 6.45) is 6.03. The summed E-state index contributed by atoms with van der Waals surface area (Å²) in [6.45, 7) is 5.97. The lowest BCUT2D eigenvalue weighted by Gasteiger charge is -2.12. The van der Waals surface area contributed by atoms with Gasteiger partial charge >= 0.3 is 0 Å². The number of aromatic nitrogens is 2. The molecule has 2 amide bonds. The fraction of sp³-hybridized carbons (Fsp3) is 0.348. The zero-order valence-corrected chi connectivity index (χ0v) is 17.1. The molecule has 6 heteroatoms. The van der Waals surface area contributed by atoms with Crippen molar-refractivity contribution in [2.75, 3.05) is 5.32 Å². The molecule has 0 bridgehead atoms. The van der Waals surface area contributed by atoms with Gasteiger partial charge in [0, 0.05) is 17.9 Å². The van der Waals surface area contributed by atoms with Gasteiger partial charge in [-0.2, -0.15) is 0 Å². The van der Waals surface area contributed by atoms with Crippen LogP contribution in [0.4, 0.5) is 5.69 Å². The summed E-state index contributed by atoms with van der Waals surface area (Å²) in [6, 6.07) is 9.75. The zero-order chi connectivity index (χ0) is 20.5. The monoisotopic (exact) mass is 390 g/mol. The molecule has 1 aliphatic carbocycles. The SMILES string of the molecule is Cc1cc(C)c(NC(=O)c2nc(C(=O)NC3CCCC3)c3ccccn23)c(C)c1. The Morgan fingerprint density at radius 3 is 2.41 bits per heavy atom. The van der Waals surface area contributed by atoms with Crippen molar-refractivity contribution in [2.45, 2.75) is 52.5 Å². The summed E-state index contributed by atoms with van der Waals surface area (Å²) >= 11 is 0. The fourth-order valence-electron chi connectivity index (χ4n) is 4.24. The molecule has 29 heavy (non-hydrogen) atoms. The summed E-state index contributed by atoms with van der Waals surface area (Å²) in [5, 5.41) is 6.05. The van der Waals surface area contributed by atoms with Crippen LogP contribution >= 0.6 is 0 Å². The Hall–Kier alpha value is -3.15. The second-order valence-electron chi connectivity index (χ2n) is 7.92. The van der Waals surface area contributed by atoms with Crippen LogP contribution in [0.1, 0.15) is 63.5 Å². The minimum atomic E-state index is -0.332. The van der Waals surface area contributed by atoms with Crippen molar-refractivity contribution in [3.63, 3.8) is 0 Å². The number of benzene rings is 1. The summed E-state index contributed by atoms with van der Waals surface area (Å²) < 4.78 is 1.68. The molecule has 1 aliphatic rings. The second-order valence-corrected chi connectivity index (χ2v) is 7.92. The highest BCUT2D eigenvalue weighted by atomic mass is 16.2. The molecule has 0 radical (unpaired) electrons. The molecule has 0 aliphatic heterocycles. The number of hydrogen-bond acceptors (Lipinski definition) is 3. The summed E-state index contributed by atoms with van der Waals surface area (Å²) in [5.41, 5.74) is 4.85. The molecule has 0 atom stereocenters. The van der Waals surface area contributed by atoms with E-state index in [0.717, 1.165) is 48.1 Å². The van der Waals surface area contributed by atoms with E-state index >= 15 is 0 Å². The van der Waals surface area contributed by atoms with Crippen molar-refractivity contribution >= 4 is 23.0 Å². The van der Waals surface area contributed by atoms with Crippen molar-refractivity contribution < 1.29 is 9.59 Å². The van der Waals surface area contributed by atoms with Gasteiger partial charge in [0.25, 0.3) is 11.8 Å². The van der Waals surface area contributed by atoms with Gasteiger partial charge in [-0.25, -0.2) is 4.98 Å². The second kappa shape index (κ2) is 7.70. The lowest BCUT2D eigenvalue weighted by atomic mass is 10.1. The molecule has 4 rings (SSSR count). The largest absolute Gasteiger partial charge is 0.348 e. The zero-order valence-electron chi connectivity index (χ0n) is 17.1. The summed E-state index contributed by atoms with van der Waals surface area (Å²) in [5.74, 6) is -0.347. The Bertz CT molecular complexity index is 1070. The van der Waals surface area contributed by atoms with Gasteiger partial charge in [-0.1, -0.05) is 36.6 Å². The van der Waals surface area contributed by atoms with Gasteiger partial charge < -0.3 is 10.6 Å². The number of carbonyl (C=O) groups excluding carboxylic acids is 2. The number of pyridine rings is 1. The number of anilines is 1. The highest BCUT2D eigenvalue weighted by Crippen LogP contribution is 2.24. The van der Waals surface area contributed by atoms with Crippen molar-refractivity contribution in [1.29, 1.82) is 0 Å². The lowest BCUT2D eigenvalue weighted by molar-refractivity contribution is 0.0935. The number of fused-ring (bicyclic) bond motifs is 1. The molecule has 1 saturated carbocycles. The number of carbonyl (C=O) groups is 2. The van der Waals surface area contributed by atoms with Gasteiger partial charge in [-0.3, -0.25) is 14.0 Å². The molecule has 1 aromatic carbocycles. The molecular weight excluding hydrogens is 364 g/mol. The predicted molar refractivity (Wildman–Crippen MR) is 114 cm³/mol. The van der Waals surface area contributed by atoms with E-state index in [9.17, 15) is 9.59 Å². The van der Waals surface area contributed by atoms with Crippen LogP contribution in [0, 0.1) is 20.8 Å². The third-order valence-electron chi connectivity index (χ3n) is 5.57. The summed E-state index contributed by atoms with van der Waals surface area (Å²) in [7, 11) is 0. The highest BCUT2D eigenvalue weighted by molar-refractivity contribution is 6.06. The minimum absolute atomic E-state index is 0.193. The highest BCUT2D eigenvalue weighted by Gasteiger charge is 2.25. The van der Waals surface area contributed by atoms with Crippen LogP contribution < -0.4 is 10.6 Å². The van der Waals surface area contributed by atoms with Crippen LogP contribution in [0.15, 0.2) is 36.5 Å². The maximum Gasteiger partial charge on any atom is 0.292 e. The van der Waals surface area contributed by atoms with Crippen molar-refractivity contribution in [1.82, 2.24) is 14.7 Å². The number of hydrogen-bond donors (Lipinski definition) is 2. The van der Waals surface area contributed by atoms with Gasteiger partial charge in [-0.05, 0) is 56.9 Å². The van der Waals surface area contributed by atoms with Crippen LogP contribution in [0.3, 0.4) is 0 Å². The van der Waals surface area contributed by atoms with Crippen molar-refractivity contribution in [3.05, 3.63) is 64.7 Å². The van der Waals surface area contributed by atoms with E-state index in [1.54, 1.807) is 10.6 Å². The van der Waals surface area contributed by atoms with E-state index in [0.29, 0.717) is 11.2 Å².